The third-order valence-electron chi connectivity index (χ3n) is 2.99. The van der Waals surface area contributed by atoms with Gasteiger partial charge in [-0.3, -0.25) is 0 Å². The number of methoxy groups -OCH3 is 1. The van der Waals surface area contributed by atoms with E-state index in [2.05, 4.69) is 51.9 Å². The molecule has 0 aromatic heterocycles. The highest BCUT2D eigenvalue weighted by Crippen LogP contribution is 2.16. The lowest BCUT2D eigenvalue weighted by Crippen LogP contribution is -2.44. The van der Waals surface area contributed by atoms with Crippen LogP contribution in [-0.4, -0.2) is 51.3 Å². The number of likely N-dealkylation sites (N-methyl/N-ethyl adjacent to an activating group) is 1. The van der Waals surface area contributed by atoms with Crippen LogP contribution in [-0.2, 0) is 4.74 Å². The second-order valence-corrected chi connectivity index (χ2v) is 6.41. The summed E-state index contributed by atoms with van der Waals surface area (Å²) in [5.41, 5.74) is 0.297. The van der Waals surface area contributed by atoms with Crippen LogP contribution in [0, 0.1) is 11.3 Å². The Hall–Kier alpha value is -0.120. The SMILES string of the molecule is COCC(C)N(C)CC(C)(C)CNCC(C)C. The molecule has 0 aromatic carbocycles. The van der Waals surface area contributed by atoms with Crippen molar-refractivity contribution >= 4 is 0 Å². The molecule has 0 rings (SSSR count). The van der Waals surface area contributed by atoms with E-state index in [0.29, 0.717) is 11.5 Å². The van der Waals surface area contributed by atoms with Crippen LogP contribution in [0.25, 0.3) is 0 Å². The van der Waals surface area contributed by atoms with Crippen molar-refractivity contribution in [3.05, 3.63) is 0 Å². The summed E-state index contributed by atoms with van der Waals surface area (Å²) >= 11 is 0. The molecule has 1 unspecified atom stereocenters. The molecular weight excluding hydrogens is 212 g/mol. The maximum Gasteiger partial charge on any atom is 0.0615 e. The lowest BCUT2D eigenvalue weighted by Gasteiger charge is -2.34. The highest BCUT2D eigenvalue weighted by Gasteiger charge is 2.22. The van der Waals surface area contributed by atoms with Crippen LogP contribution in [0.2, 0.25) is 0 Å². The van der Waals surface area contributed by atoms with E-state index < -0.39 is 0 Å². The van der Waals surface area contributed by atoms with Crippen molar-refractivity contribution in [1.82, 2.24) is 10.2 Å². The Balaban J connectivity index is 3.97. The molecule has 0 aromatic rings. The molecule has 0 aliphatic rings. The predicted molar refractivity (Wildman–Crippen MR) is 75.5 cm³/mol. The predicted octanol–water partition coefficient (Wildman–Crippen LogP) is 2.22. The van der Waals surface area contributed by atoms with E-state index >= 15 is 0 Å². The zero-order valence-electron chi connectivity index (χ0n) is 12.8. The van der Waals surface area contributed by atoms with Crippen molar-refractivity contribution in [2.24, 2.45) is 11.3 Å². The fourth-order valence-corrected chi connectivity index (χ4v) is 1.95. The molecule has 0 fully saturated rings. The highest BCUT2D eigenvalue weighted by molar-refractivity contribution is 4.77. The lowest BCUT2D eigenvalue weighted by molar-refractivity contribution is 0.0899. The van der Waals surface area contributed by atoms with Gasteiger partial charge in [-0.25, -0.2) is 0 Å². The Morgan fingerprint density at radius 3 is 2.29 bits per heavy atom. The van der Waals surface area contributed by atoms with Crippen LogP contribution in [0.3, 0.4) is 0 Å². The summed E-state index contributed by atoms with van der Waals surface area (Å²) in [6, 6.07) is 0.476. The van der Waals surface area contributed by atoms with Crippen LogP contribution in [0.5, 0.6) is 0 Å². The Bertz CT molecular complexity index is 193. The molecule has 17 heavy (non-hydrogen) atoms. The first kappa shape index (κ1) is 16.9. The van der Waals surface area contributed by atoms with Crippen LogP contribution >= 0.6 is 0 Å². The van der Waals surface area contributed by atoms with Crippen LogP contribution in [0.4, 0.5) is 0 Å². The lowest BCUT2D eigenvalue weighted by atomic mass is 9.92. The molecular formula is C14H32N2O. The van der Waals surface area contributed by atoms with Gasteiger partial charge in [0.05, 0.1) is 6.61 Å². The van der Waals surface area contributed by atoms with Gasteiger partial charge >= 0.3 is 0 Å². The van der Waals surface area contributed by atoms with Crippen LogP contribution < -0.4 is 5.32 Å². The van der Waals surface area contributed by atoms with Gasteiger partial charge in [-0.15, -0.1) is 0 Å². The van der Waals surface area contributed by atoms with Crippen molar-refractivity contribution < 1.29 is 4.74 Å². The molecule has 0 saturated carbocycles. The summed E-state index contributed by atoms with van der Waals surface area (Å²) in [6.45, 7) is 15.4. The van der Waals surface area contributed by atoms with Crippen molar-refractivity contribution in [3.8, 4) is 0 Å². The first-order chi connectivity index (χ1) is 7.78. The molecule has 0 aliphatic heterocycles. The van der Waals surface area contributed by atoms with E-state index in [-0.39, 0.29) is 0 Å². The van der Waals surface area contributed by atoms with E-state index in [4.69, 9.17) is 4.74 Å². The fourth-order valence-electron chi connectivity index (χ4n) is 1.95. The number of ether oxygens (including phenoxy) is 1. The van der Waals surface area contributed by atoms with Gasteiger partial charge in [-0.2, -0.15) is 0 Å². The van der Waals surface area contributed by atoms with Crippen molar-refractivity contribution in [2.45, 2.75) is 40.7 Å². The fraction of sp³-hybridized carbons (Fsp3) is 1.00. The summed E-state index contributed by atoms with van der Waals surface area (Å²) in [6.07, 6.45) is 0. The van der Waals surface area contributed by atoms with Gasteiger partial charge in [-0.1, -0.05) is 27.7 Å². The normalized spacial score (nSPS) is 14.6. The first-order valence-corrected chi connectivity index (χ1v) is 6.68. The minimum atomic E-state index is 0.297. The van der Waals surface area contributed by atoms with E-state index in [9.17, 15) is 0 Å². The Morgan fingerprint density at radius 2 is 1.82 bits per heavy atom. The van der Waals surface area contributed by atoms with Gasteiger partial charge in [0, 0.05) is 26.2 Å². The smallest absolute Gasteiger partial charge is 0.0615 e. The van der Waals surface area contributed by atoms with Gasteiger partial charge < -0.3 is 15.0 Å². The van der Waals surface area contributed by atoms with Crippen LogP contribution in [0.15, 0.2) is 0 Å². The Labute approximate surface area is 108 Å². The molecule has 0 amide bonds. The number of rotatable bonds is 9. The van der Waals surface area contributed by atoms with Gasteiger partial charge in [-0.05, 0) is 31.8 Å². The second-order valence-electron chi connectivity index (χ2n) is 6.41. The zero-order chi connectivity index (χ0) is 13.5. The van der Waals surface area contributed by atoms with Gasteiger partial charge in [0.1, 0.15) is 0 Å². The van der Waals surface area contributed by atoms with E-state index in [1.165, 1.54) is 0 Å². The topological polar surface area (TPSA) is 24.5 Å². The standard InChI is InChI=1S/C14H32N2O/c1-12(2)8-15-10-14(4,5)11-16(6)13(3)9-17-7/h12-13,15H,8-11H2,1-7H3. The molecule has 0 saturated heterocycles. The van der Waals surface area contributed by atoms with Crippen LogP contribution in [0.1, 0.15) is 34.6 Å². The minimum Gasteiger partial charge on any atom is -0.383 e. The summed E-state index contributed by atoms with van der Waals surface area (Å²) in [5, 5.41) is 3.54. The summed E-state index contributed by atoms with van der Waals surface area (Å²) < 4.78 is 5.19. The quantitative estimate of drug-likeness (QED) is 0.673. The van der Waals surface area contributed by atoms with Gasteiger partial charge in [0.2, 0.25) is 0 Å². The zero-order valence-corrected chi connectivity index (χ0v) is 12.8. The maximum absolute atomic E-state index is 5.19. The molecule has 3 nitrogen and oxygen atoms in total. The van der Waals surface area contributed by atoms with Crippen molar-refractivity contribution in [2.75, 3.05) is 40.4 Å². The number of hydrogen-bond donors (Lipinski definition) is 1. The largest absolute Gasteiger partial charge is 0.383 e. The molecule has 1 N–H and O–H groups in total. The second kappa shape index (κ2) is 8.06. The van der Waals surface area contributed by atoms with Gasteiger partial charge in [0.25, 0.3) is 0 Å². The number of nitrogens with zero attached hydrogens (tertiary/aromatic N) is 1. The van der Waals surface area contributed by atoms with E-state index in [1.54, 1.807) is 7.11 Å². The molecule has 104 valence electrons. The Kier molecular flexibility index (Phi) is 8.01. The highest BCUT2D eigenvalue weighted by atomic mass is 16.5. The minimum absolute atomic E-state index is 0.297. The molecule has 0 bridgehead atoms. The third kappa shape index (κ3) is 8.58. The molecule has 1 atom stereocenters. The molecule has 3 heteroatoms. The average molecular weight is 244 g/mol. The Morgan fingerprint density at radius 1 is 1.24 bits per heavy atom. The van der Waals surface area contributed by atoms with Crippen molar-refractivity contribution in [1.29, 1.82) is 0 Å². The third-order valence-corrected chi connectivity index (χ3v) is 2.99. The molecule has 0 heterocycles. The average Bonchev–Trinajstić information content (AvgIpc) is 2.16. The van der Waals surface area contributed by atoms with E-state index in [0.717, 1.165) is 32.2 Å². The molecule has 0 radical (unpaired) electrons. The van der Waals surface area contributed by atoms with Gasteiger partial charge in [0.15, 0.2) is 0 Å². The summed E-state index contributed by atoms with van der Waals surface area (Å²) in [7, 11) is 3.94. The first-order valence-electron chi connectivity index (χ1n) is 6.68. The summed E-state index contributed by atoms with van der Waals surface area (Å²) in [5.74, 6) is 0.718. The number of hydrogen-bond acceptors (Lipinski definition) is 3. The molecule has 0 aliphatic carbocycles. The maximum atomic E-state index is 5.19. The monoisotopic (exact) mass is 244 g/mol. The van der Waals surface area contributed by atoms with Crippen molar-refractivity contribution in [3.63, 3.8) is 0 Å². The van der Waals surface area contributed by atoms with E-state index in [1.807, 2.05) is 0 Å². The molecule has 0 spiro atoms. The summed E-state index contributed by atoms with van der Waals surface area (Å²) in [4.78, 5) is 2.38. The number of nitrogens with one attached hydrogen (secondary N) is 1.